The average molecular weight is 275 g/mol. The molecule has 20 heavy (non-hydrogen) atoms. The molecule has 0 aliphatic carbocycles. The Bertz CT molecular complexity index is 399. The highest BCUT2D eigenvalue weighted by Crippen LogP contribution is 2.25. The summed E-state index contributed by atoms with van der Waals surface area (Å²) < 4.78 is 0. The Morgan fingerprint density at radius 2 is 1.90 bits per heavy atom. The highest BCUT2D eigenvalue weighted by molar-refractivity contribution is 5.56. The van der Waals surface area contributed by atoms with Crippen LogP contribution in [-0.2, 0) is 0 Å². The van der Waals surface area contributed by atoms with E-state index in [9.17, 15) is 0 Å². The average Bonchev–Trinajstić information content (AvgIpc) is 2.47. The molecule has 112 valence electrons. The Balaban J connectivity index is 2.13. The van der Waals surface area contributed by atoms with Crippen LogP contribution in [-0.4, -0.2) is 39.3 Å². The van der Waals surface area contributed by atoms with Crippen LogP contribution in [0.2, 0.25) is 0 Å². The van der Waals surface area contributed by atoms with Gasteiger partial charge in [0.05, 0.1) is 0 Å². The molecule has 0 aromatic heterocycles. The van der Waals surface area contributed by atoms with Crippen molar-refractivity contribution in [3.63, 3.8) is 0 Å². The van der Waals surface area contributed by atoms with E-state index >= 15 is 0 Å². The van der Waals surface area contributed by atoms with Gasteiger partial charge >= 0.3 is 0 Å². The Morgan fingerprint density at radius 3 is 2.45 bits per heavy atom. The van der Waals surface area contributed by atoms with E-state index < -0.39 is 0 Å². The summed E-state index contributed by atoms with van der Waals surface area (Å²) >= 11 is 0. The largest absolute Gasteiger partial charge is 0.378 e. The van der Waals surface area contributed by atoms with Gasteiger partial charge in [0.2, 0.25) is 0 Å². The van der Waals surface area contributed by atoms with E-state index in [1.165, 1.54) is 30.6 Å². The molecule has 1 N–H and O–H groups in total. The number of benzene rings is 1. The summed E-state index contributed by atoms with van der Waals surface area (Å²) in [6.45, 7) is 6.79. The molecule has 1 aliphatic rings. The lowest BCUT2D eigenvalue weighted by Crippen LogP contribution is -2.56. The van der Waals surface area contributed by atoms with Crippen molar-refractivity contribution in [2.45, 2.75) is 45.2 Å². The van der Waals surface area contributed by atoms with Gasteiger partial charge in [0, 0.05) is 50.6 Å². The van der Waals surface area contributed by atoms with Gasteiger partial charge in [0.1, 0.15) is 0 Å². The fourth-order valence-electron chi connectivity index (χ4n) is 3.03. The molecule has 1 saturated heterocycles. The maximum Gasteiger partial charge on any atom is 0.0412 e. The molecule has 1 aromatic carbocycles. The van der Waals surface area contributed by atoms with Crippen LogP contribution in [0.5, 0.6) is 0 Å². The molecular weight excluding hydrogens is 246 g/mol. The lowest BCUT2D eigenvalue weighted by molar-refractivity contribution is 0.369. The highest BCUT2D eigenvalue weighted by Gasteiger charge is 2.26. The van der Waals surface area contributed by atoms with E-state index in [-0.39, 0.29) is 0 Å². The van der Waals surface area contributed by atoms with E-state index in [1.54, 1.807) is 0 Å². The van der Waals surface area contributed by atoms with Crippen LogP contribution in [0.25, 0.3) is 0 Å². The van der Waals surface area contributed by atoms with Crippen LogP contribution in [0.1, 0.15) is 33.1 Å². The van der Waals surface area contributed by atoms with Crippen molar-refractivity contribution < 1.29 is 0 Å². The minimum atomic E-state index is 0.619. The van der Waals surface area contributed by atoms with E-state index in [4.69, 9.17) is 0 Å². The van der Waals surface area contributed by atoms with Crippen molar-refractivity contribution >= 4 is 11.4 Å². The number of anilines is 2. The third kappa shape index (κ3) is 3.45. The van der Waals surface area contributed by atoms with E-state index in [2.05, 4.69) is 67.3 Å². The minimum absolute atomic E-state index is 0.619. The summed E-state index contributed by atoms with van der Waals surface area (Å²) in [5, 5.41) is 3.70. The fourth-order valence-corrected chi connectivity index (χ4v) is 3.03. The minimum Gasteiger partial charge on any atom is -0.378 e. The maximum atomic E-state index is 3.70. The lowest BCUT2D eigenvalue weighted by atomic mass is 10.0. The standard InChI is InChI=1S/C17H29N3/c1-5-7-14-13-20(15(6-2)12-18-14)17-10-8-16(9-11-17)19(3)4/h8-11,14-15,18H,5-7,12-13H2,1-4H3. The van der Waals surface area contributed by atoms with Crippen molar-refractivity contribution in [2.24, 2.45) is 0 Å². The monoisotopic (exact) mass is 275 g/mol. The summed E-state index contributed by atoms with van der Waals surface area (Å²) in [7, 11) is 4.18. The van der Waals surface area contributed by atoms with Gasteiger partial charge in [-0.3, -0.25) is 0 Å². The second kappa shape index (κ2) is 6.98. The molecule has 1 aromatic rings. The Labute approximate surface area is 124 Å². The first kappa shape index (κ1) is 15.2. The molecular formula is C17H29N3. The summed E-state index contributed by atoms with van der Waals surface area (Å²) in [6.07, 6.45) is 3.71. The number of hydrogen-bond donors (Lipinski definition) is 1. The Hall–Kier alpha value is -1.22. The van der Waals surface area contributed by atoms with Crippen molar-refractivity contribution in [3.05, 3.63) is 24.3 Å². The number of rotatable bonds is 5. The van der Waals surface area contributed by atoms with Gasteiger partial charge in [-0.2, -0.15) is 0 Å². The van der Waals surface area contributed by atoms with E-state index in [0.29, 0.717) is 12.1 Å². The molecule has 2 rings (SSSR count). The SMILES string of the molecule is CCCC1CN(c2ccc(N(C)C)cc2)C(CC)CN1. The van der Waals surface area contributed by atoms with Gasteiger partial charge in [-0.1, -0.05) is 20.3 Å². The molecule has 3 nitrogen and oxygen atoms in total. The second-order valence-electron chi connectivity index (χ2n) is 6.02. The predicted molar refractivity (Wildman–Crippen MR) is 88.9 cm³/mol. The topological polar surface area (TPSA) is 18.5 Å². The smallest absolute Gasteiger partial charge is 0.0412 e. The third-order valence-corrected chi connectivity index (χ3v) is 4.31. The molecule has 0 amide bonds. The fraction of sp³-hybridized carbons (Fsp3) is 0.647. The zero-order valence-corrected chi connectivity index (χ0v) is 13.4. The first-order valence-corrected chi connectivity index (χ1v) is 7.93. The van der Waals surface area contributed by atoms with Crippen molar-refractivity contribution in [1.29, 1.82) is 0 Å². The normalized spacial score (nSPS) is 22.9. The van der Waals surface area contributed by atoms with Gasteiger partial charge in [-0.05, 0) is 37.1 Å². The molecule has 3 heteroatoms. The Kier molecular flexibility index (Phi) is 5.30. The van der Waals surface area contributed by atoms with Crippen molar-refractivity contribution in [1.82, 2.24) is 5.32 Å². The van der Waals surface area contributed by atoms with E-state index in [1.807, 2.05) is 0 Å². The van der Waals surface area contributed by atoms with Gasteiger partial charge < -0.3 is 15.1 Å². The lowest BCUT2D eigenvalue weighted by Gasteiger charge is -2.42. The highest BCUT2D eigenvalue weighted by atomic mass is 15.2. The molecule has 1 aliphatic heterocycles. The molecule has 0 radical (unpaired) electrons. The van der Waals surface area contributed by atoms with Gasteiger partial charge in [0.15, 0.2) is 0 Å². The van der Waals surface area contributed by atoms with Crippen LogP contribution in [0, 0.1) is 0 Å². The maximum absolute atomic E-state index is 3.70. The molecule has 1 fully saturated rings. The molecule has 0 saturated carbocycles. The first-order valence-electron chi connectivity index (χ1n) is 7.93. The summed E-state index contributed by atoms with van der Waals surface area (Å²) in [5.74, 6) is 0. The van der Waals surface area contributed by atoms with Gasteiger partial charge in [0.25, 0.3) is 0 Å². The van der Waals surface area contributed by atoms with Crippen molar-refractivity contribution in [2.75, 3.05) is 37.0 Å². The molecule has 0 bridgehead atoms. The van der Waals surface area contributed by atoms with E-state index in [0.717, 1.165) is 13.1 Å². The van der Waals surface area contributed by atoms with Crippen LogP contribution in [0.3, 0.4) is 0 Å². The quantitative estimate of drug-likeness (QED) is 0.891. The molecule has 2 unspecified atom stereocenters. The molecule has 1 heterocycles. The summed E-state index contributed by atoms with van der Waals surface area (Å²) in [5.41, 5.74) is 2.63. The predicted octanol–water partition coefficient (Wildman–Crippen LogP) is 3.11. The zero-order valence-electron chi connectivity index (χ0n) is 13.4. The summed E-state index contributed by atoms with van der Waals surface area (Å²) in [4.78, 5) is 4.75. The number of nitrogens with zero attached hydrogens (tertiary/aromatic N) is 2. The summed E-state index contributed by atoms with van der Waals surface area (Å²) in [6, 6.07) is 10.2. The first-order chi connectivity index (χ1) is 9.65. The van der Waals surface area contributed by atoms with Gasteiger partial charge in [-0.25, -0.2) is 0 Å². The number of piperazine rings is 1. The van der Waals surface area contributed by atoms with Crippen LogP contribution >= 0.6 is 0 Å². The van der Waals surface area contributed by atoms with Crippen LogP contribution in [0.4, 0.5) is 11.4 Å². The van der Waals surface area contributed by atoms with Crippen molar-refractivity contribution in [3.8, 4) is 0 Å². The number of hydrogen-bond acceptors (Lipinski definition) is 3. The zero-order chi connectivity index (χ0) is 14.5. The van der Waals surface area contributed by atoms with Gasteiger partial charge in [-0.15, -0.1) is 0 Å². The van der Waals surface area contributed by atoms with Crippen LogP contribution in [0.15, 0.2) is 24.3 Å². The molecule has 0 spiro atoms. The Morgan fingerprint density at radius 1 is 1.20 bits per heavy atom. The third-order valence-electron chi connectivity index (χ3n) is 4.31. The van der Waals surface area contributed by atoms with Crippen LogP contribution < -0.4 is 15.1 Å². The number of nitrogens with one attached hydrogen (secondary N) is 1. The molecule has 2 atom stereocenters. The second-order valence-corrected chi connectivity index (χ2v) is 6.02.